The van der Waals surface area contributed by atoms with Crippen LogP contribution in [-0.4, -0.2) is 39.0 Å². The van der Waals surface area contributed by atoms with Crippen molar-refractivity contribution in [1.29, 1.82) is 0 Å². The Hall–Kier alpha value is -0.870. The molecule has 0 unspecified atom stereocenters. The van der Waals surface area contributed by atoms with Crippen molar-refractivity contribution in [2.24, 2.45) is 13.0 Å². The van der Waals surface area contributed by atoms with E-state index in [4.69, 9.17) is 4.74 Å². The second kappa shape index (κ2) is 4.85. The summed E-state index contributed by atoms with van der Waals surface area (Å²) in [5.74, 6) is 0.668. The normalized spacial score (nSPS) is 33.9. The molecule has 2 saturated heterocycles. The molecule has 0 bridgehead atoms. The molecule has 4 heteroatoms. The van der Waals surface area contributed by atoms with E-state index < -0.39 is 0 Å². The summed E-state index contributed by atoms with van der Waals surface area (Å²) in [5.41, 5.74) is 1.44. The molecule has 112 valence electrons. The molecule has 0 radical (unpaired) electrons. The molecule has 0 aliphatic carbocycles. The molecular formula is C16H27N3O. The minimum absolute atomic E-state index is 0.0524. The van der Waals surface area contributed by atoms with Gasteiger partial charge >= 0.3 is 0 Å². The first kappa shape index (κ1) is 14.1. The molecule has 0 saturated carbocycles. The Kier molecular flexibility index (Phi) is 3.41. The number of aryl methyl sites for hydroxylation is 1. The van der Waals surface area contributed by atoms with Crippen LogP contribution in [0.1, 0.15) is 45.6 Å². The fourth-order valence-electron chi connectivity index (χ4n) is 3.87. The summed E-state index contributed by atoms with van der Waals surface area (Å²) < 4.78 is 8.31. The number of ether oxygens (including phenoxy) is 1. The molecule has 4 nitrogen and oxygen atoms in total. The minimum atomic E-state index is 0.0524. The molecule has 1 aromatic rings. The Morgan fingerprint density at radius 2 is 2.15 bits per heavy atom. The van der Waals surface area contributed by atoms with Crippen LogP contribution in [0.15, 0.2) is 12.4 Å². The number of hydrogen-bond acceptors (Lipinski definition) is 3. The van der Waals surface area contributed by atoms with Gasteiger partial charge in [-0.05, 0) is 40.0 Å². The Labute approximate surface area is 122 Å². The third-order valence-corrected chi connectivity index (χ3v) is 5.04. The van der Waals surface area contributed by atoms with Crippen LogP contribution in [-0.2, 0) is 18.3 Å². The molecule has 0 spiro atoms. The van der Waals surface area contributed by atoms with Gasteiger partial charge < -0.3 is 4.74 Å². The van der Waals surface area contributed by atoms with Gasteiger partial charge in [0, 0.05) is 44.4 Å². The molecule has 2 fully saturated rings. The Balaban J connectivity index is 1.64. The van der Waals surface area contributed by atoms with E-state index in [1.807, 2.05) is 17.9 Å². The van der Waals surface area contributed by atoms with E-state index in [9.17, 15) is 0 Å². The van der Waals surface area contributed by atoms with Crippen LogP contribution in [0.2, 0.25) is 0 Å². The lowest BCUT2D eigenvalue weighted by atomic mass is 9.74. The molecule has 0 amide bonds. The van der Waals surface area contributed by atoms with Crippen LogP contribution in [0.25, 0.3) is 0 Å². The number of piperidine rings is 1. The predicted octanol–water partition coefficient (Wildman–Crippen LogP) is 2.59. The maximum atomic E-state index is 6.42. The van der Waals surface area contributed by atoms with Gasteiger partial charge in [-0.15, -0.1) is 0 Å². The van der Waals surface area contributed by atoms with E-state index in [0.717, 1.165) is 26.1 Å². The van der Waals surface area contributed by atoms with E-state index in [0.29, 0.717) is 5.92 Å². The van der Waals surface area contributed by atoms with Gasteiger partial charge in [0.1, 0.15) is 0 Å². The van der Waals surface area contributed by atoms with E-state index in [1.165, 1.54) is 18.4 Å². The molecule has 0 aromatic carbocycles. The van der Waals surface area contributed by atoms with Gasteiger partial charge in [0.2, 0.25) is 0 Å². The molecular weight excluding hydrogens is 250 g/mol. The van der Waals surface area contributed by atoms with E-state index in [-0.39, 0.29) is 11.2 Å². The lowest BCUT2D eigenvalue weighted by molar-refractivity contribution is -0.214. The van der Waals surface area contributed by atoms with Gasteiger partial charge in [-0.3, -0.25) is 9.58 Å². The first-order chi connectivity index (χ1) is 9.36. The molecule has 20 heavy (non-hydrogen) atoms. The van der Waals surface area contributed by atoms with Crippen molar-refractivity contribution < 1.29 is 4.74 Å². The summed E-state index contributed by atoms with van der Waals surface area (Å²) in [4.78, 5) is 2.56. The lowest BCUT2D eigenvalue weighted by Crippen LogP contribution is -2.57. The largest absolute Gasteiger partial charge is 0.369 e. The SMILES string of the molecule is Cn1cc(CN2CC[C@@]3(C)OC(C)(C)CC[C@H]3C2)cn1. The average Bonchev–Trinajstić information content (AvgIpc) is 2.74. The van der Waals surface area contributed by atoms with Crippen molar-refractivity contribution in [3.63, 3.8) is 0 Å². The molecule has 0 N–H and O–H groups in total. The Bertz CT molecular complexity index is 482. The van der Waals surface area contributed by atoms with Crippen LogP contribution in [0.4, 0.5) is 0 Å². The first-order valence-corrected chi connectivity index (χ1v) is 7.76. The molecule has 2 aliphatic rings. The maximum Gasteiger partial charge on any atom is 0.0714 e. The second-order valence-electron chi connectivity index (χ2n) is 7.42. The summed E-state index contributed by atoms with van der Waals surface area (Å²) in [6, 6.07) is 0. The third-order valence-electron chi connectivity index (χ3n) is 5.04. The van der Waals surface area contributed by atoms with Crippen LogP contribution in [0.5, 0.6) is 0 Å². The summed E-state index contributed by atoms with van der Waals surface area (Å²) in [6.45, 7) is 10.1. The highest BCUT2D eigenvalue weighted by atomic mass is 16.5. The van der Waals surface area contributed by atoms with Crippen LogP contribution >= 0.6 is 0 Å². The van der Waals surface area contributed by atoms with Gasteiger partial charge in [0.05, 0.1) is 17.4 Å². The highest BCUT2D eigenvalue weighted by Crippen LogP contribution is 2.44. The van der Waals surface area contributed by atoms with Crippen molar-refractivity contribution in [2.45, 2.75) is 57.8 Å². The smallest absolute Gasteiger partial charge is 0.0714 e. The highest BCUT2D eigenvalue weighted by molar-refractivity contribution is 5.05. The highest BCUT2D eigenvalue weighted by Gasteiger charge is 2.47. The maximum absolute atomic E-state index is 6.42. The number of nitrogens with zero attached hydrogens (tertiary/aromatic N) is 3. The zero-order valence-electron chi connectivity index (χ0n) is 13.2. The summed E-state index contributed by atoms with van der Waals surface area (Å²) in [6.07, 6.45) is 7.70. The summed E-state index contributed by atoms with van der Waals surface area (Å²) >= 11 is 0. The van der Waals surface area contributed by atoms with Crippen molar-refractivity contribution in [1.82, 2.24) is 14.7 Å². The number of hydrogen-bond donors (Lipinski definition) is 0. The summed E-state index contributed by atoms with van der Waals surface area (Å²) in [7, 11) is 1.98. The van der Waals surface area contributed by atoms with E-state index in [1.54, 1.807) is 0 Å². The zero-order valence-corrected chi connectivity index (χ0v) is 13.2. The molecule has 2 atom stereocenters. The van der Waals surface area contributed by atoms with Gasteiger partial charge in [-0.2, -0.15) is 5.10 Å². The fourth-order valence-corrected chi connectivity index (χ4v) is 3.87. The van der Waals surface area contributed by atoms with Crippen molar-refractivity contribution in [3.05, 3.63) is 18.0 Å². The number of likely N-dealkylation sites (tertiary alicyclic amines) is 1. The van der Waals surface area contributed by atoms with Crippen LogP contribution in [0, 0.1) is 5.92 Å². The van der Waals surface area contributed by atoms with Crippen molar-refractivity contribution in [2.75, 3.05) is 13.1 Å². The first-order valence-electron chi connectivity index (χ1n) is 7.76. The van der Waals surface area contributed by atoms with Crippen LogP contribution < -0.4 is 0 Å². The summed E-state index contributed by atoms with van der Waals surface area (Å²) in [5, 5.41) is 4.26. The minimum Gasteiger partial charge on any atom is -0.369 e. The van der Waals surface area contributed by atoms with Gasteiger partial charge in [0.15, 0.2) is 0 Å². The number of rotatable bonds is 2. The van der Waals surface area contributed by atoms with Gasteiger partial charge in [-0.25, -0.2) is 0 Å². The topological polar surface area (TPSA) is 30.3 Å². The fraction of sp³-hybridized carbons (Fsp3) is 0.812. The average molecular weight is 277 g/mol. The molecule has 3 heterocycles. The molecule has 2 aliphatic heterocycles. The van der Waals surface area contributed by atoms with Gasteiger partial charge in [0.25, 0.3) is 0 Å². The van der Waals surface area contributed by atoms with E-state index in [2.05, 4.69) is 37.0 Å². The Morgan fingerprint density at radius 1 is 1.35 bits per heavy atom. The van der Waals surface area contributed by atoms with Crippen molar-refractivity contribution >= 4 is 0 Å². The Morgan fingerprint density at radius 3 is 2.85 bits per heavy atom. The van der Waals surface area contributed by atoms with Crippen molar-refractivity contribution in [3.8, 4) is 0 Å². The zero-order chi connectivity index (χ0) is 14.4. The predicted molar refractivity (Wildman–Crippen MR) is 79.4 cm³/mol. The lowest BCUT2D eigenvalue weighted by Gasteiger charge is -2.53. The van der Waals surface area contributed by atoms with Gasteiger partial charge in [-0.1, -0.05) is 0 Å². The third kappa shape index (κ3) is 2.77. The second-order valence-corrected chi connectivity index (χ2v) is 7.42. The van der Waals surface area contributed by atoms with E-state index >= 15 is 0 Å². The standard InChI is InChI=1S/C16H27N3O/c1-15(2)6-5-14-12-19(8-7-16(14,3)20-15)11-13-9-17-18(4)10-13/h9-10,14H,5-8,11-12H2,1-4H3/t14-,16+/m0/s1. The molecule has 3 rings (SSSR count). The number of aromatic nitrogens is 2. The number of fused-ring (bicyclic) bond motifs is 1. The monoisotopic (exact) mass is 277 g/mol. The quantitative estimate of drug-likeness (QED) is 0.832. The molecule has 1 aromatic heterocycles. The van der Waals surface area contributed by atoms with Crippen LogP contribution in [0.3, 0.4) is 0 Å².